The summed E-state index contributed by atoms with van der Waals surface area (Å²) >= 11 is 0. The highest BCUT2D eigenvalue weighted by Crippen LogP contribution is 2.59. The van der Waals surface area contributed by atoms with Gasteiger partial charge in [-0.2, -0.15) is 0 Å². The molecule has 2 bridgehead atoms. The molecule has 2 N–H and O–H groups in total. The van der Waals surface area contributed by atoms with E-state index in [0.717, 1.165) is 27.7 Å². The average molecular weight is 615 g/mol. The van der Waals surface area contributed by atoms with E-state index in [1.807, 2.05) is 71.6 Å². The summed E-state index contributed by atoms with van der Waals surface area (Å²) in [7, 11) is 0. The Balaban J connectivity index is 1.36. The largest absolute Gasteiger partial charge is 0.396 e. The molecule has 0 spiro atoms. The minimum Gasteiger partial charge on any atom is -0.396 e. The molecule has 6 heteroatoms. The summed E-state index contributed by atoms with van der Waals surface area (Å²) in [6, 6.07) is 38.1. The number of fused-ring (bicyclic) bond motifs is 6. The van der Waals surface area contributed by atoms with Gasteiger partial charge in [-0.15, -0.1) is 0 Å². The number of rotatable bonds is 10. The molecule has 1 aromatic heterocycles. The van der Waals surface area contributed by atoms with E-state index in [4.69, 9.17) is 4.74 Å². The number of aromatic nitrogens is 1. The number of carbonyl (C=O) groups excluding carboxylic acids is 1. The lowest BCUT2D eigenvalue weighted by Gasteiger charge is -2.58. The van der Waals surface area contributed by atoms with Crippen LogP contribution in [-0.4, -0.2) is 51.4 Å². The lowest BCUT2D eigenvalue weighted by Crippen LogP contribution is -2.61. The van der Waals surface area contributed by atoms with E-state index in [0.29, 0.717) is 38.1 Å². The minimum absolute atomic E-state index is 0.0320. The van der Waals surface area contributed by atoms with E-state index in [-0.39, 0.29) is 37.0 Å². The van der Waals surface area contributed by atoms with Crippen LogP contribution in [0.5, 0.6) is 0 Å². The molecule has 0 radical (unpaired) electrons. The van der Waals surface area contributed by atoms with Crippen molar-refractivity contribution < 1.29 is 19.7 Å². The first-order valence-corrected chi connectivity index (χ1v) is 16.5. The lowest BCUT2D eigenvalue weighted by atomic mass is 9.55. The second-order valence-electron chi connectivity index (χ2n) is 12.9. The van der Waals surface area contributed by atoms with Gasteiger partial charge in [0, 0.05) is 46.6 Å². The average Bonchev–Trinajstić information content (AvgIpc) is 3.43. The predicted molar refractivity (Wildman–Crippen MR) is 180 cm³/mol. The fourth-order valence-corrected chi connectivity index (χ4v) is 8.38. The molecule has 5 atom stereocenters. The van der Waals surface area contributed by atoms with Crippen molar-refractivity contribution in [3.8, 4) is 0 Å². The highest BCUT2D eigenvalue weighted by molar-refractivity contribution is 5.95. The summed E-state index contributed by atoms with van der Waals surface area (Å²) in [4.78, 5) is 16.5. The minimum atomic E-state index is -0.827. The van der Waals surface area contributed by atoms with Gasteiger partial charge < -0.3 is 24.4 Å². The first-order valence-electron chi connectivity index (χ1n) is 16.5. The Hall–Kier alpha value is -4.23. The van der Waals surface area contributed by atoms with E-state index < -0.39 is 11.5 Å². The lowest BCUT2D eigenvalue weighted by molar-refractivity contribution is -0.129. The number of aliphatic hydroxyl groups excluding tert-OH is 2. The van der Waals surface area contributed by atoms with Gasteiger partial charge in [0.1, 0.15) is 0 Å². The number of carbonyl (C=O) groups is 1. The molecule has 236 valence electrons. The Morgan fingerprint density at radius 3 is 2.20 bits per heavy atom. The maximum atomic E-state index is 14.5. The van der Waals surface area contributed by atoms with Crippen LogP contribution in [0.2, 0.25) is 0 Å². The first kappa shape index (κ1) is 30.4. The van der Waals surface area contributed by atoms with Crippen LogP contribution in [0.15, 0.2) is 115 Å². The number of para-hydroxylation sites is 1. The number of hydrogen-bond donors (Lipinski definition) is 2. The molecular weight excluding hydrogens is 572 g/mol. The molecular formula is C40H42N2O4. The summed E-state index contributed by atoms with van der Waals surface area (Å²) in [6.07, 6.45) is 0.477. The van der Waals surface area contributed by atoms with Crippen molar-refractivity contribution in [2.45, 2.75) is 51.0 Å². The Morgan fingerprint density at radius 2 is 1.52 bits per heavy atom. The number of nitrogens with zero attached hydrogens (tertiary/aromatic N) is 2. The molecule has 6 nitrogen and oxygen atoms in total. The Morgan fingerprint density at radius 1 is 0.891 bits per heavy atom. The Bertz CT molecular complexity index is 1790. The van der Waals surface area contributed by atoms with Crippen molar-refractivity contribution in [1.29, 1.82) is 0 Å². The molecule has 2 aliphatic rings. The summed E-state index contributed by atoms with van der Waals surface area (Å²) in [6.45, 7) is 3.67. The summed E-state index contributed by atoms with van der Waals surface area (Å²) in [5.74, 6) is -0.277. The van der Waals surface area contributed by atoms with Crippen LogP contribution in [0.25, 0.3) is 10.9 Å². The molecule has 5 aromatic rings. The standard InChI is InChI=1S/C40H42N2O4/c1-2-40(36(44)26-46-25-29-16-8-4-9-17-29)27-42(39(45)30-18-10-5-11-19-30)35-22-33(40)32(24-43)37-31-20-12-13-21-34(31)41(38(35)37)23-28-14-6-3-7-15-28/h3-21,32-33,35-36,43-44H,2,22-27H2,1H3/t32-,33?,35?,36?,40?/m1/s1. The van der Waals surface area contributed by atoms with Gasteiger partial charge in [0.05, 0.1) is 32.0 Å². The van der Waals surface area contributed by atoms with Gasteiger partial charge >= 0.3 is 0 Å². The molecule has 1 aliphatic heterocycles. The molecule has 1 saturated heterocycles. The number of aliphatic hydroxyl groups is 2. The Kier molecular flexibility index (Phi) is 8.52. The van der Waals surface area contributed by atoms with Gasteiger partial charge in [-0.1, -0.05) is 104 Å². The highest BCUT2D eigenvalue weighted by Gasteiger charge is 2.58. The monoisotopic (exact) mass is 614 g/mol. The summed E-state index contributed by atoms with van der Waals surface area (Å²) in [5, 5.41) is 24.4. The number of hydrogen-bond acceptors (Lipinski definition) is 4. The number of ether oxygens (including phenoxy) is 1. The van der Waals surface area contributed by atoms with E-state index in [2.05, 4.69) is 60.0 Å². The number of amides is 1. The molecule has 7 rings (SSSR count). The van der Waals surface area contributed by atoms with E-state index in [1.54, 1.807) is 0 Å². The number of piperidine rings is 1. The van der Waals surface area contributed by atoms with Crippen LogP contribution < -0.4 is 0 Å². The maximum Gasteiger partial charge on any atom is 0.254 e. The normalized spacial score (nSPS) is 22.8. The molecule has 1 fully saturated rings. The van der Waals surface area contributed by atoms with Gasteiger partial charge in [-0.25, -0.2) is 0 Å². The molecule has 1 aliphatic carbocycles. The van der Waals surface area contributed by atoms with Crippen molar-refractivity contribution >= 4 is 16.8 Å². The van der Waals surface area contributed by atoms with Crippen molar-refractivity contribution in [3.05, 3.63) is 143 Å². The zero-order valence-corrected chi connectivity index (χ0v) is 26.3. The fraction of sp³-hybridized carbons (Fsp3) is 0.325. The fourth-order valence-electron chi connectivity index (χ4n) is 8.38. The van der Waals surface area contributed by atoms with Crippen LogP contribution in [0.3, 0.4) is 0 Å². The van der Waals surface area contributed by atoms with Crippen LogP contribution in [0.4, 0.5) is 0 Å². The van der Waals surface area contributed by atoms with Crippen LogP contribution in [-0.2, 0) is 17.9 Å². The third-order valence-corrected chi connectivity index (χ3v) is 10.7. The van der Waals surface area contributed by atoms with Crippen LogP contribution >= 0.6 is 0 Å². The highest BCUT2D eigenvalue weighted by atomic mass is 16.5. The summed E-state index contributed by atoms with van der Waals surface area (Å²) in [5.41, 5.74) is 5.50. The van der Waals surface area contributed by atoms with E-state index in [9.17, 15) is 15.0 Å². The number of benzene rings is 4. The zero-order valence-electron chi connectivity index (χ0n) is 26.3. The van der Waals surface area contributed by atoms with E-state index in [1.165, 1.54) is 5.56 Å². The van der Waals surface area contributed by atoms with Crippen molar-refractivity contribution in [1.82, 2.24) is 9.47 Å². The Labute approximate surface area is 270 Å². The van der Waals surface area contributed by atoms with Gasteiger partial charge in [-0.05, 0) is 53.6 Å². The molecule has 1 amide bonds. The van der Waals surface area contributed by atoms with Crippen LogP contribution in [0, 0.1) is 11.3 Å². The van der Waals surface area contributed by atoms with Crippen molar-refractivity contribution in [3.63, 3.8) is 0 Å². The quantitative estimate of drug-likeness (QED) is 0.178. The van der Waals surface area contributed by atoms with Crippen molar-refractivity contribution in [2.75, 3.05) is 19.8 Å². The summed E-state index contributed by atoms with van der Waals surface area (Å²) < 4.78 is 8.51. The second-order valence-corrected chi connectivity index (χ2v) is 12.9. The molecule has 2 heterocycles. The predicted octanol–water partition coefficient (Wildman–Crippen LogP) is 6.96. The van der Waals surface area contributed by atoms with E-state index >= 15 is 0 Å². The maximum absolute atomic E-state index is 14.5. The van der Waals surface area contributed by atoms with Gasteiger partial charge in [0.25, 0.3) is 5.91 Å². The third kappa shape index (κ3) is 5.24. The second kappa shape index (κ2) is 12.9. The molecule has 4 unspecified atom stereocenters. The van der Waals surface area contributed by atoms with Crippen LogP contribution in [0.1, 0.15) is 64.5 Å². The topological polar surface area (TPSA) is 74.9 Å². The number of likely N-dealkylation sites (tertiary alicyclic amines) is 1. The SMILES string of the molecule is CCC1(C(O)COCc2ccccc2)CN(C(=O)c2ccccc2)C2CC1[C@@H](CO)c1c2n(Cc2ccccc2)c2ccccc12. The smallest absolute Gasteiger partial charge is 0.254 e. The first-order chi connectivity index (χ1) is 22.6. The van der Waals surface area contributed by atoms with Crippen molar-refractivity contribution in [2.24, 2.45) is 11.3 Å². The third-order valence-electron chi connectivity index (χ3n) is 10.7. The molecule has 4 aromatic carbocycles. The van der Waals surface area contributed by atoms with Gasteiger partial charge in [-0.3, -0.25) is 4.79 Å². The molecule has 46 heavy (non-hydrogen) atoms. The van der Waals surface area contributed by atoms with Gasteiger partial charge in [0.15, 0.2) is 0 Å². The molecule has 0 saturated carbocycles. The van der Waals surface area contributed by atoms with Gasteiger partial charge in [0.2, 0.25) is 0 Å². The zero-order chi connectivity index (χ0) is 31.7.